The van der Waals surface area contributed by atoms with Crippen LogP contribution in [-0.4, -0.2) is 5.78 Å². The number of fused-ring (bicyclic) bond motifs is 1. The van der Waals surface area contributed by atoms with E-state index in [9.17, 15) is 4.79 Å². The standard InChI is InChI=1S/C10H11BrOS/c1-4-5(2)9(12)10-7(4)8(11)6(3)13-10/h4-5H,1-3H3. The van der Waals surface area contributed by atoms with Gasteiger partial charge in [0, 0.05) is 15.3 Å². The number of aryl methyl sites for hydroxylation is 1. The SMILES string of the molecule is Cc1sc2c(c1Br)C(C)C(C)C2=O. The van der Waals surface area contributed by atoms with Gasteiger partial charge in [-0.15, -0.1) is 11.3 Å². The van der Waals surface area contributed by atoms with Gasteiger partial charge < -0.3 is 0 Å². The Morgan fingerprint density at radius 1 is 1.31 bits per heavy atom. The average molecular weight is 259 g/mol. The molecule has 0 bridgehead atoms. The molecule has 2 atom stereocenters. The Morgan fingerprint density at radius 3 is 2.46 bits per heavy atom. The molecule has 1 heterocycles. The first-order valence-corrected chi connectivity index (χ1v) is 5.98. The largest absolute Gasteiger partial charge is 0.293 e. The van der Waals surface area contributed by atoms with E-state index in [1.54, 1.807) is 11.3 Å². The second kappa shape index (κ2) is 2.92. The third kappa shape index (κ3) is 1.13. The minimum atomic E-state index is 0.165. The Labute approximate surface area is 90.3 Å². The van der Waals surface area contributed by atoms with Crippen LogP contribution in [0.2, 0.25) is 0 Å². The number of hydrogen-bond acceptors (Lipinski definition) is 2. The van der Waals surface area contributed by atoms with Crippen LogP contribution in [0.15, 0.2) is 4.47 Å². The number of hydrogen-bond donors (Lipinski definition) is 0. The van der Waals surface area contributed by atoms with Crippen molar-refractivity contribution in [3.63, 3.8) is 0 Å². The molecule has 0 amide bonds. The van der Waals surface area contributed by atoms with Crippen LogP contribution in [0.25, 0.3) is 0 Å². The maximum Gasteiger partial charge on any atom is 0.176 e. The average Bonchev–Trinajstić information content (AvgIpc) is 2.48. The number of carbonyl (C=O) groups excluding carboxylic acids is 1. The monoisotopic (exact) mass is 258 g/mol. The zero-order chi connectivity index (χ0) is 9.75. The van der Waals surface area contributed by atoms with Gasteiger partial charge in [0.25, 0.3) is 0 Å². The van der Waals surface area contributed by atoms with Crippen LogP contribution in [0, 0.1) is 12.8 Å². The molecule has 0 N–H and O–H groups in total. The molecule has 2 rings (SSSR count). The maximum atomic E-state index is 11.8. The van der Waals surface area contributed by atoms with Gasteiger partial charge in [-0.25, -0.2) is 0 Å². The summed E-state index contributed by atoms with van der Waals surface area (Å²) < 4.78 is 1.15. The molecular formula is C10H11BrOS. The smallest absolute Gasteiger partial charge is 0.176 e. The molecule has 1 aliphatic carbocycles. The van der Waals surface area contributed by atoms with E-state index < -0.39 is 0 Å². The summed E-state index contributed by atoms with van der Waals surface area (Å²) in [6.07, 6.45) is 0. The van der Waals surface area contributed by atoms with Crippen molar-refractivity contribution >= 4 is 33.0 Å². The van der Waals surface area contributed by atoms with Gasteiger partial charge in [-0.3, -0.25) is 4.79 Å². The van der Waals surface area contributed by atoms with Crippen LogP contribution in [0.3, 0.4) is 0 Å². The lowest BCUT2D eigenvalue weighted by molar-refractivity contribution is 0.0940. The molecule has 1 aromatic rings. The van der Waals surface area contributed by atoms with E-state index in [-0.39, 0.29) is 5.92 Å². The molecule has 2 unspecified atom stereocenters. The lowest BCUT2D eigenvalue weighted by atomic mass is 9.96. The van der Waals surface area contributed by atoms with E-state index >= 15 is 0 Å². The van der Waals surface area contributed by atoms with E-state index in [1.807, 2.05) is 6.92 Å². The van der Waals surface area contributed by atoms with Crippen molar-refractivity contribution < 1.29 is 4.79 Å². The molecule has 0 saturated carbocycles. The summed E-state index contributed by atoms with van der Waals surface area (Å²) in [6.45, 7) is 6.20. The number of thiophene rings is 1. The van der Waals surface area contributed by atoms with Gasteiger partial charge in [-0.05, 0) is 34.3 Å². The summed E-state index contributed by atoms with van der Waals surface area (Å²) in [7, 11) is 0. The first-order chi connectivity index (χ1) is 6.04. The quantitative estimate of drug-likeness (QED) is 0.693. The van der Waals surface area contributed by atoms with Crippen molar-refractivity contribution in [2.24, 2.45) is 5.92 Å². The summed E-state index contributed by atoms with van der Waals surface area (Å²) in [5.41, 5.74) is 1.24. The van der Waals surface area contributed by atoms with E-state index in [1.165, 1.54) is 10.4 Å². The first kappa shape index (κ1) is 9.41. The molecule has 13 heavy (non-hydrogen) atoms. The van der Waals surface area contributed by atoms with Gasteiger partial charge in [0.05, 0.1) is 4.88 Å². The van der Waals surface area contributed by atoms with Crippen molar-refractivity contribution in [1.29, 1.82) is 0 Å². The molecule has 3 heteroatoms. The predicted octanol–water partition coefficient (Wildman–Crippen LogP) is 3.75. The lowest BCUT2D eigenvalue weighted by Crippen LogP contribution is -2.06. The number of rotatable bonds is 0. The highest BCUT2D eigenvalue weighted by Gasteiger charge is 2.37. The molecule has 1 aromatic heterocycles. The van der Waals surface area contributed by atoms with Crippen LogP contribution in [0.1, 0.15) is 39.9 Å². The summed E-state index contributed by atoms with van der Waals surface area (Å²) in [5.74, 6) is 0.862. The van der Waals surface area contributed by atoms with Crippen molar-refractivity contribution in [3.8, 4) is 0 Å². The molecular weight excluding hydrogens is 248 g/mol. The van der Waals surface area contributed by atoms with Gasteiger partial charge in [-0.1, -0.05) is 13.8 Å². The zero-order valence-electron chi connectivity index (χ0n) is 7.85. The number of carbonyl (C=O) groups is 1. The molecule has 0 spiro atoms. The molecule has 0 aliphatic heterocycles. The Balaban J connectivity index is 2.65. The third-order valence-electron chi connectivity index (χ3n) is 2.89. The fraction of sp³-hybridized carbons (Fsp3) is 0.500. The van der Waals surface area contributed by atoms with Gasteiger partial charge in [-0.2, -0.15) is 0 Å². The van der Waals surface area contributed by atoms with Gasteiger partial charge in [0.15, 0.2) is 5.78 Å². The number of halogens is 1. The number of ketones is 1. The van der Waals surface area contributed by atoms with E-state index in [0.29, 0.717) is 11.7 Å². The molecule has 1 nitrogen and oxygen atoms in total. The molecule has 0 radical (unpaired) electrons. The Kier molecular flexibility index (Phi) is 2.11. The van der Waals surface area contributed by atoms with E-state index in [0.717, 1.165) is 9.35 Å². The Morgan fingerprint density at radius 2 is 1.92 bits per heavy atom. The van der Waals surface area contributed by atoms with Gasteiger partial charge in [0.2, 0.25) is 0 Å². The zero-order valence-corrected chi connectivity index (χ0v) is 10.3. The minimum Gasteiger partial charge on any atom is -0.293 e. The summed E-state index contributed by atoms with van der Waals surface area (Å²) in [4.78, 5) is 14.0. The van der Waals surface area contributed by atoms with Crippen LogP contribution >= 0.6 is 27.3 Å². The fourth-order valence-corrected chi connectivity index (χ4v) is 3.94. The number of Topliss-reactive ketones (excluding diaryl/α,β-unsaturated/α-hetero) is 1. The molecule has 0 aromatic carbocycles. The van der Waals surface area contributed by atoms with Crippen molar-refractivity contribution in [2.45, 2.75) is 26.7 Å². The predicted molar refractivity (Wildman–Crippen MR) is 58.7 cm³/mol. The summed E-state index contributed by atoms with van der Waals surface area (Å²) in [5, 5.41) is 0. The van der Waals surface area contributed by atoms with Crippen molar-refractivity contribution in [2.75, 3.05) is 0 Å². The van der Waals surface area contributed by atoms with E-state index in [4.69, 9.17) is 0 Å². The fourth-order valence-electron chi connectivity index (χ4n) is 1.82. The Hall–Kier alpha value is -0.150. The van der Waals surface area contributed by atoms with Crippen LogP contribution in [-0.2, 0) is 0 Å². The molecule has 1 aliphatic rings. The van der Waals surface area contributed by atoms with Crippen LogP contribution in [0.4, 0.5) is 0 Å². The third-order valence-corrected chi connectivity index (χ3v) is 5.31. The Bertz CT molecular complexity index is 381. The van der Waals surface area contributed by atoms with Crippen LogP contribution in [0.5, 0.6) is 0 Å². The van der Waals surface area contributed by atoms with Crippen LogP contribution < -0.4 is 0 Å². The molecule has 0 fully saturated rings. The second-order valence-corrected chi connectivity index (χ2v) is 5.67. The topological polar surface area (TPSA) is 17.1 Å². The second-order valence-electron chi connectivity index (χ2n) is 3.66. The minimum absolute atomic E-state index is 0.165. The summed E-state index contributed by atoms with van der Waals surface area (Å²) >= 11 is 5.18. The normalized spacial score (nSPS) is 26.6. The van der Waals surface area contributed by atoms with Crippen molar-refractivity contribution in [3.05, 3.63) is 19.8 Å². The summed E-state index contributed by atoms with van der Waals surface area (Å²) in [6, 6.07) is 0. The highest BCUT2D eigenvalue weighted by molar-refractivity contribution is 9.10. The van der Waals surface area contributed by atoms with Gasteiger partial charge in [0.1, 0.15) is 0 Å². The van der Waals surface area contributed by atoms with Crippen molar-refractivity contribution in [1.82, 2.24) is 0 Å². The highest BCUT2D eigenvalue weighted by atomic mass is 79.9. The molecule has 70 valence electrons. The maximum absolute atomic E-state index is 11.8. The first-order valence-electron chi connectivity index (χ1n) is 4.37. The molecule has 0 saturated heterocycles. The van der Waals surface area contributed by atoms with Gasteiger partial charge >= 0.3 is 0 Å². The van der Waals surface area contributed by atoms with E-state index in [2.05, 4.69) is 29.8 Å². The lowest BCUT2D eigenvalue weighted by Gasteiger charge is -2.08. The highest BCUT2D eigenvalue weighted by Crippen LogP contribution is 2.46.